The molecule has 4 nitrogen and oxygen atoms in total. The van der Waals surface area contributed by atoms with Crippen LogP contribution < -0.4 is 10.2 Å². The number of benzene rings is 1. The fourth-order valence-electron chi connectivity index (χ4n) is 1.65. The van der Waals surface area contributed by atoms with Crippen LogP contribution in [-0.2, 0) is 13.1 Å². The second kappa shape index (κ2) is 6.63. The van der Waals surface area contributed by atoms with Crippen LogP contribution >= 0.6 is 15.9 Å². The summed E-state index contributed by atoms with van der Waals surface area (Å²) in [5, 5.41) is 3.38. The zero-order chi connectivity index (χ0) is 13.7. The number of rotatable bonds is 5. The van der Waals surface area contributed by atoms with Crippen molar-refractivity contribution in [2.24, 2.45) is 0 Å². The Labute approximate surface area is 122 Å². The number of nitrogens with one attached hydrogen (secondary N) is 1. The van der Waals surface area contributed by atoms with Crippen LogP contribution in [0.4, 0.5) is 5.95 Å². The standard InChI is InChI=1S/C14H17BrN4/c1-19(2)14-17-8-11(9-18-14)7-16-10-12-5-3-4-6-13(12)15/h3-6,8-9,16H,7,10H2,1-2H3. The van der Waals surface area contributed by atoms with Crippen LogP contribution in [0, 0.1) is 0 Å². The Morgan fingerprint density at radius 1 is 1.11 bits per heavy atom. The van der Waals surface area contributed by atoms with Crippen molar-refractivity contribution in [1.29, 1.82) is 0 Å². The van der Waals surface area contributed by atoms with Crippen molar-refractivity contribution in [3.8, 4) is 0 Å². The Hall–Kier alpha value is -1.46. The molecule has 2 aromatic rings. The highest BCUT2D eigenvalue weighted by Crippen LogP contribution is 2.15. The molecule has 0 aliphatic rings. The van der Waals surface area contributed by atoms with Gasteiger partial charge in [-0.25, -0.2) is 9.97 Å². The highest BCUT2D eigenvalue weighted by atomic mass is 79.9. The van der Waals surface area contributed by atoms with Crippen molar-refractivity contribution >= 4 is 21.9 Å². The summed E-state index contributed by atoms with van der Waals surface area (Å²) >= 11 is 3.54. The smallest absolute Gasteiger partial charge is 0.224 e. The summed E-state index contributed by atoms with van der Waals surface area (Å²) in [7, 11) is 3.86. The van der Waals surface area contributed by atoms with E-state index >= 15 is 0 Å². The van der Waals surface area contributed by atoms with Crippen LogP contribution in [0.5, 0.6) is 0 Å². The minimum absolute atomic E-state index is 0.731. The first-order valence-corrected chi connectivity index (χ1v) is 6.88. The highest BCUT2D eigenvalue weighted by molar-refractivity contribution is 9.10. The van der Waals surface area contributed by atoms with E-state index in [0.29, 0.717) is 0 Å². The van der Waals surface area contributed by atoms with Crippen molar-refractivity contribution in [2.45, 2.75) is 13.1 Å². The van der Waals surface area contributed by atoms with Crippen molar-refractivity contribution in [1.82, 2.24) is 15.3 Å². The normalized spacial score (nSPS) is 10.5. The Morgan fingerprint density at radius 3 is 2.42 bits per heavy atom. The summed E-state index contributed by atoms with van der Waals surface area (Å²) in [6.45, 7) is 1.58. The van der Waals surface area contributed by atoms with E-state index in [1.54, 1.807) is 0 Å². The summed E-state index contributed by atoms with van der Waals surface area (Å²) < 4.78 is 1.13. The lowest BCUT2D eigenvalue weighted by Gasteiger charge is -2.10. The first-order valence-electron chi connectivity index (χ1n) is 6.09. The Bertz CT molecular complexity index is 525. The molecule has 5 heteroatoms. The second-order valence-electron chi connectivity index (χ2n) is 4.48. The van der Waals surface area contributed by atoms with Gasteiger partial charge in [0.15, 0.2) is 0 Å². The molecule has 0 amide bonds. The Balaban J connectivity index is 1.87. The number of hydrogen-bond donors (Lipinski definition) is 1. The topological polar surface area (TPSA) is 41.1 Å². The van der Waals surface area contributed by atoms with Gasteiger partial charge in [-0.15, -0.1) is 0 Å². The van der Waals surface area contributed by atoms with Crippen LogP contribution in [0.2, 0.25) is 0 Å². The van der Waals surface area contributed by atoms with Gasteiger partial charge in [0.2, 0.25) is 5.95 Å². The maximum Gasteiger partial charge on any atom is 0.224 e. The molecular formula is C14H17BrN4. The van der Waals surface area contributed by atoms with Gasteiger partial charge in [-0.3, -0.25) is 0 Å². The molecule has 2 rings (SSSR count). The van der Waals surface area contributed by atoms with Gasteiger partial charge in [-0.05, 0) is 11.6 Å². The summed E-state index contributed by atoms with van der Waals surface area (Å²) in [5.41, 5.74) is 2.32. The fourth-order valence-corrected chi connectivity index (χ4v) is 2.08. The molecule has 1 N–H and O–H groups in total. The molecule has 0 saturated carbocycles. The minimum Gasteiger partial charge on any atom is -0.347 e. The molecule has 0 radical (unpaired) electrons. The summed E-state index contributed by atoms with van der Waals surface area (Å²) in [6.07, 6.45) is 3.71. The van der Waals surface area contributed by atoms with E-state index in [0.717, 1.165) is 29.1 Å². The molecule has 0 saturated heterocycles. The molecule has 0 spiro atoms. The van der Waals surface area contributed by atoms with E-state index in [-0.39, 0.29) is 0 Å². The van der Waals surface area contributed by atoms with Gasteiger partial charge in [0.05, 0.1) is 0 Å². The molecule has 0 aliphatic carbocycles. The number of aromatic nitrogens is 2. The Morgan fingerprint density at radius 2 is 1.79 bits per heavy atom. The average Bonchev–Trinajstić information content (AvgIpc) is 2.41. The monoisotopic (exact) mass is 320 g/mol. The Kier molecular flexibility index (Phi) is 4.87. The fraction of sp³-hybridized carbons (Fsp3) is 0.286. The van der Waals surface area contributed by atoms with Gasteiger partial charge in [0.1, 0.15) is 0 Å². The molecule has 1 heterocycles. The third kappa shape index (κ3) is 4.01. The van der Waals surface area contributed by atoms with Gasteiger partial charge < -0.3 is 10.2 Å². The maximum atomic E-state index is 4.29. The number of nitrogens with zero attached hydrogens (tertiary/aromatic N) is 3. The minimum atomic E-state index is 0.731. The van der Waals surface area contributed by atoms with Crippen LogP contribution in [0.3, 0.4) is 0 Å². The van der Waals surface area contributed by atoms with Gasteiger partial charge >= 0.3 is 0 Å². The lowest BCUT2D eigenvalue weighted by Crippen LogP contribution is -2.15. The highest BCUT2D eigenvalue weighted by Gasteiger charge is 2.01. The molecule has 0 aliphatic heterocycles. The molecule has 19 heavy (non-hydrogen) atoms. The molecule has 0 bridgehead atoms. The van der Waals surface area contributed by atoms with E-state index < -0.39 is 0 Å². The molecule has 100 valence electrons. The van der Waals surface area contributed by atoms with Gasteiger partial charge in [0, 0.05) is 49.6 Å². The predicted molar refractivity (Wildman–Crippen MR) is 81.0 cm³/mol. The van der Waals surface area contributed by atoms with Crippen LogP contribution in [0.25, 0.3) is 0 Å². The molecule has 1 aromatic heterocycles. The summed E-state index contributed by atoms with van der Waals surface area (Å²) in [5.74, 6) is 0.731. The van der Waals surface area contributed by atoms with Crippen LogP contribution in [-0.4, -0.2) is 24.1 Å². The second-order valence-corrected chi connectivity index (χ2v) is 5.34. The molecule has 0 fully saturated rings. The zero-order valence-corrected chi connectivity index (χ0v) is 12.7. The quantitative estimate of drug-likeness (QED) is 0.919. The summed E-state index contributed by atoms with van der Waals surface area (Å²) in [4.78, 5) is 10.5. The van der Waals surface area contributed by atoms with E-state index in [1.165, 1.54) is 5.56 Å². The number of halogens is 1. The van der Waals surface area contributed by atoms with E-state index in [9.17, 15) is 0 Å². The zero-order valence-electron chi connectivity index (χ0n) is 11.1. The third-order valence-electron chi connectivity index (χ3n) is 2.69. The number of anilines is 1. The average molecular weight is 321 g/mol. The number of hydrogen-bond acceptors (Lipinski definition) is 4. The first kappa shape index (κ1) is 14.0. The summed E-state index contributed by atoms with van der Waals surface area (Å²) in [6, 6.07) is 8.20. The van der Waals surface area contributed by atoms with E-state index in [2.05, 4.69) is 37.3 Å². The maximum absolute atomic E-state index is 4.29. The first-order chi connectivity index (χ1) is 9.16. The lowest BCUT2D eigenvalue weighted by molar-refractivity contribution is 0.686. The SMILES string of the molecule is CN(C)c1ncc(CNCc2ccccc2Br)cn1. The van der Waals surface area contributed by atoms with E-state index in [4.69, 9.17) is 0 Å². The van der Waals surface area contributed by atoms with Crippen molar-refractivity contribution < 1.29 is 0 Å². The largest absolute Gasteiger partial charge is 0.347 e. The van der Waals surface area contributed by atoms with Crippen molar-refractivity contribution in [3.05, 3.63) is 52.3 Å². The predicted octanol–water partition coefficient (Wildman–Crippen LogP) is 2.59. The third-order valence-corrected chi connectivity index (χ3v) is 3.47. The molecule has 0 atom stereocenters. The van der Waals surface area contributed by atoms with Crippen molar-refractivity contribution in [2.75, 3.05) is 19.0 Å². The van der Waals surface area contributed by atoms with Gasteiger partial charge in [-0.2, -0.15) is 0 Å². The molecule has 1 aromatic carbocycles. The van der Waals surface area contributed by atoms with Crippen LogP contribution in [0.1, 0.15) is 11.1 Å². The molecule has 0 unspecified atom stereocenters. The lowest BCUT2D eigenvalue weighted by atomic mass is 10.2. The van der Waals surface area contributed by atoms with E-state index in [1.807, 2.05) is 49.6 Å². The van der Waals surface area contributed by atoms with Crippen molar-refractivity contribution in [3.63, 3.8) is 0 Å². The molecular weight excluding hydrogens is 304 g/mol. The van der Waals surface area contributed by atoms with Crippen LogP contribution in [0.15, 0.2) is 41.1 Å². The van der Waals surface area contributed by atoms with Gasteiger partial charge in [0.25, 0.3) is 0 Å². The van der Waals surface area contributed by atoms with Gasteiger partial charge in [-0.1, -0.05) is 34.1 Å².